The number of urea groups is 1. The Morgan fingerprint density at radius 2 is 2.07 bits per heavy atom. The average Bonchev–Trinajstić information content (AvgIpc) is 2.87. The van der Waals surface area contributed by atoms with Crippen LogP contribution in [-0.4, -0.2) is 54.9 Å². The van der Waals surface area contributed by atoms with Crippen molar-refractivity contribution in [2.24, 2.45) is 5.10 Å². The molecule has 3 N–H and O–H groups in total. The van der Waals surface area contributed by atoms with E-state index in [1.807, 2.05) is 44.2 Å². The van der Waals surface area contributed by atoms with Gasteiger partial charge in [0.05, 0.1) is 11.0 Å². The van der Waals surface area contributed by atoms with E-state index in [-0.39, 0.29) is 5.75 Å². The zero-order valence-electron chi connectivity index (χ0n) is 15.1. The number of phenolic OH excluding ortho intramolecular Hbond substituents is 1. The minimum absolute atomic E-state index is 0.0817. The molecule has 0 aliphatic carbocycles. The molecular weight excluding hydrogens is 384 g/mol. The van der Waals surface area contributed by atoms with Crippen molar-refractivity contribution >= 4 is 51.3 Å². The Hall–Kier alpha value is -2.36. The number of amides is 2. The molecule has 0 bridgehead atoms. The summed E-state index contributed by atoms with van der Waals surface area (Å²) < 4.78 is -0.167. The largest absolute Gasteiger partial charge is 0.507 e. The number of fused-ring (bicyclic) bond motifs is 1. The number of phenols is 1. The molecule has 7 nitrogen and oxygen atoms in total. The zero-order valence-corrected chi connectivity index (χ0v) is 16.7. The maximum Gasteiger partial charge on any atom is 0.343 e. The number of aromatic hydroxyl groups is 1. The molecule has 1 fully saturated rings. The van der Waals surface area contributed by atoms with Gasteiger partial charge in [-0.3, -0.25) is 5.21 Å². The van der Waals surface area contributed by atoms with E-state index in [9.17, 15) is 15.1 Å². The van der Waals surface area contributed by atoms with Gasteiger partial charge in [0.2, 0.25) is 0 Å². The van der Waals surface area contributed by atoms with Crippen LogP contribution in [0.4, 0.5) is 4.79 Å². The maximum atomic E-state index is 11.9. The number of hydrogen-bond acceptors (Lipinski definition) is 6. The fraction of sp³-hybridized carbons (Fsp3) is 0.278. The van der Waals surface area contributed by atoms with E-state index in [2.05, 4.69) is 10.4 Å². The number of nitrogens with one attached hydrogen (secondary N) is 1. The molecule has 0 unspecified atom stereocenters. The van der Waals surface area contributed by atoms with Gasteiger partial charge in [-0.25, -0.2) is 9.80 Å². The highest BCUT2D eigenvalue weighted by atomic mass is 32.2. The number of rotatable bonds is 3. The molecule has 1 aliphatic rings. The molecule has 1 saturated heterocycles. The Kier molecular flexibility index (Phi) is 5.27. The summed E-state index contributed by atoms with van der Waals surface area (Å²) in [5, 5.41) is 31.2. The van der Waals surface area contributed by atoms with Crippen LogP contribution < -0.4 is 5.32 Å². The number of hydrazone groups is 1. The van der Waals surface area contributed by atoms with Crippen LogP contribution in [0.25, 0.3) is 10.8 Å². The summed E-state index contributed by atoms with van der Waals surface area (Å²) in [5.74, 6) is 0.0817. The van der Waals surface area contributed by atoms with Crippen molar-refractivity contribution in [3.8, 4) is 5.75 Å². The molecule has 2 amide bonds. The Morgan fingerprint density at radius 1 is 1.37 bits per heavy atom. The van der Waals surface area contributed by atoms with Gasteiger partial charge in [0, 0.05) is 12.6 Å². The van der Waals surface area contributed by atoms with Crippen molar-refractivity contribution < 1.29 is 15.1 Å². The van der Waals surface area contributed by atoms with Gasteiger partial charge in [-0.2, -0.15) is 10.2 Å². The molecule has 27 heavy (non-hydrogen) atoms. The Labute approximate surface area is 166 Å². The van der Waals surface area contributed by atoms with E-state index in [4.69, 9.17) is 12.2 Å². The summed E-state index contributed by atoms with van der Waals surface area (Å²) in [4.78, 5) is 11.9. The number of benzene rings is 2. The molecule has 0 radical (unpaired) electrons. The lowest BCUT2D eigenvalue weighted by Gasteiger charge is -2.33. The Morgan fingerprint density at radius 3 is 2.78 bits per heavy atom. The van der Waals surface area contributed by atoms with Crippen LogP contribution in [0.15, 0.2) is 41.5 Å². The second-order valence-corrected chi connectivity index (χ2v) is 8.84. The summed E-state index contributed by atoms with van der Waals surface area (Å²) in [6.45, 7) is 3.73. The number of hydrogen-bond donors (Lipinski definition) is 3. The third kappa shape index (κ3) is 3.58. The quantitative estimate of drug-likeness (QED) is 0.315. The predicted octanol–water partition coefficient (Wildman–Crippen LogP) is 3.35. The van der Waals surface area contributed by atoms with Crippen LogP contribution in [0.1, 0.15) is 19.4 Å². The molecule has 2 aromatic rings. The first kappa shape index (κ1) is 19.4. The van der Waals surface area contributed by atoms with Gasteiger partial charge in [-0.1, -0.05) is 54.3 Å². The van der Waals surface area contributed by atoms with Gasteiger partial charge in [-0.05, 0) is 30.7 Å². The van der Waals surface area contributed by atoms with Crippen molar-refractivity contribution in [1.82, 2.24) is 15.4 Å². The Balaban J connectivity index is 2.01. The lowest BCUT2D eigenvalue weighted by molar-refractivity contribution is -0.117. The molecule has 142 valence electrons. The van der Waals surface area contributed by atoms with Crippen LogP contribution in [0.3, 0.4) is 0 Å². The van der Waals surface area contributed by atoms with E-state index in [1.54, 1.807) is 6.07 Å². The van der Waals surface area contributed by atoms with Crippen LogP contribution in [0.2, 0.25) is 0 Å². The summed E-state index contributed by atoms with van der Waals surface area (Å²) in [7, 11) is 1.43. The van der Waals surface area contributed by atoms with E-state index in [0.29, 0.717) is 14.9 Å². The van der Waals surface area contributed by atoms with Gasteiger partial charge in [-0.15, -0.1) is 0 Å². The molecule has 1 heterocycles. The summed E-state index contributed by atoms with van der Waals surface area (Å²) in [5.41, 5.74) is 0.536. The normalized spacial score (nSPS) is 19.0. The van der Waals surface area contributed by atoms with E-state index >= 15 is 0 Å². The first-order valence-electron chi connectivity index (χ1n) is 8.23. The monoisotopic (exact) mass is 404 g/mol. The lowest BCUT2D eigenvalue weighted by Crippen LogP contribution is -2.55. The number of nitrogens with zero attached hydrogens (tertiary/aromatic N) is 3. The summed E-state index contributed by atoms with van der Waals surface area (Å²) >= 11 is 6.73. The van der Waals surface area contributed by atoms with Gasteiger partial charge in [0.25, 0.3) is 0 Å². The van der Waals surface area contributed by atoms with Crippen molar-refractivity contribution in [3.05, 3.63) is 42.0 Å². The highest BCUT2D eigenvalue weighted by molar-refractivity contribution is 8.24. The first-order valence-corrected chi connectivity index (χ1v) is 9.45. The van der Waals surface area contributed by atoms with Gasteiger partial charge < -0.3 is 10.4 Å². The predicted molar refractivity (Wildman–Crippen MR) is 111 cm³/mol. The lowest BCUT2D eigenvalue weighted by atomic mass is 10.0. The summed E-state index contributed by atoms with van der Waals surface area (Å²) in [6, 6.07) is 10.4. The molecule has 9 heteroatoms. The zero-order chi connectivity index (χ0) is 19.8. The van der Waals surface area contributed by atoms with E-state index in [0.717, 1.165) is 10.8 Å². The van der Waals surface area contributed by atoms with Crippen LogP contribution in [0.5, 0.6) is 5.75 Å². The number of carbonyl (C=O) groups excluding carboxylic acids is 1. The molecular formula is C18H20N4O3S2. The number of hydroxylamine groups is 2. The van der Waals surface area contributed by atoms with Crippen LogP contribution in [0, 0.1) is 0 Å². The van der Waals surface area contributed by atoms with Crippen molar-refractivity contribution in [2.45, 2.75) is 24.8 Å². The van der Waals surface area contributed by atoms with Crippen LogP contribution in [-0.2, 0) is 0 Å². The molecule has 1 aliphatic heterocycles. The number of thioether (sulfide) groups is 1. The minimum Gasteiger partial charge on any atom is -0.507 e. The first-order chi connectivity index (χ1) is 12.8. The van der Waals surface area contributed by atoms with Crippen molar-refractivity contribution in [2.75, 3.05) is 7.05 Å². The van der Waals surface area contributed by atoms with Crippen LogP contribution >= 0.6 is 24.0 Å². The molecule has 3 rings (SSSR count). The smallest absolute Gasteiger partial charge is 0.343 e. The topological polar surface area (TPSA) is 88.4 Å². The third-order valence-corrected chi connectivity index (χ3v) is 5.84. The van der Waals surface area contributed by atoms with Crippen molar-refractivity contribution in [3.63, 3.8) is 0 Å². The standard InChI is InChI=1S/C18H20N4O3S2/c1-18(2)15(22(25)16(24)19-3)21(17(26)27-18)20-10-13-12-7-5-4-6-11(12)8-9-14(13)23/h4-10,15,23,25H,1-3H3,(H,19,24)/b20-10-/t15-/m1/s1. The molecule has 1 atom stereocenters. The number of carbonyl (C=O) groups is 1. The third-order valence-electron chi connectivity index (χ3n) is 4.30. The number of thiocarbonyl (C=S) groups is 1. The minimum atomic E-state index is -0.802. The fourth-order valence-electron chi connectivity index (χ4n) is 2.99. The SMILES string of the molecule is CNC(=O)N(O)[C@H]1N(/N=C\c2c(O)ccc3ccccc23)C(=S)SC1(C)C. The molecule has 0 aromatic heterocycles. The van der Waals surface area contributed by atoms with Gasteiger partial charge >= 0.3 is 6.03 Å². The van der Waals surface area contributed by atoms with Gasteiger partial charge in [0.1, 0.15) is 5.75 Å². The highest BCUT2D eigenvalue weighted by Crippen LogP contribution is 2.42. The second kappa shape index (κ2) is 7.34. The highest BCUT2D eigenvalue weighted by Gasteiger charge is 2.49. The summed E-state index contributed by atoms with van der Waals surface area (Å²) in [6.07, 6.45) is 0.694. The maximum absolute atomic E-state index is 11.9. The molecule has 0 saturated carbocycles. The van der Waals surface area contributed by atoms with Gasteiger partial charge in [0.15, 0.2) is 10.5 Å². The van der Waals surface area contributed by atoms with E-state index < -0.39 is 16.9 Å². The molecule has 0 spiro atoms. The molecule has 2 aromatic carbocycles. The van der Waals surface area contributed by atoms with E-state index in [1.165, 1.54) is 30.0 Å². The Bertz CT molecular complexity index is 932. The fourth-order valence-corrected chi connectivity index (χ4v) is 4.78. The second-order valence-electron chi connectivity index (χ2n) is 6.55. The van der Waals surface area contributed by atoms with Crippen molar-refractivity contribution in [1.29, 1.82) is 0 Å². The average molecular weight is 405 g/mol.